The lowest BCUT2D eigenvalue weighted by Crippen LogP contribution is -2.35. The van der Waals surface area contributed by atoms with E-state index in [9.17, 15) is 8.42 Å². The average molecular weight is 310 g/mol. The van der Waals surface area contributed by atoms with Crippen LogP contribution in [-0.2, 0) is 16.6 Å². The Bertz CT molecular complexity index is 584. The van der Waals surface area contributed by atoms with E-state index in [4.69, 9.17) is 0 Å². The molecule has 0 radical (unpaired) electrons. The third-order valence-electron chi connectivity index (χ3n) is 3.99. The number of benzene rings is 1. The van der Waals surface area contributed by atoms with Crippen LogP contribution >= 0.6 is 0 Å². The number of rotatable bonds is 5. The van der Waals surface area contributed by atoms with Crippen LogP contribution in [0.25, 0.3) is 0 Å². The largest absolute Gasteiger partial charge is 0.310 e. The molecule has 1 aromatic carbocycles. The Balaban J connectivity index is 2.32. The summed E-state index contributed by atoms with van der Waals surface area (Å²) in [5.41, 5.74) is 0.845. The number of nitrogens with zero attached hydrogens (tertiary/aromatic N) is 1. The Morgan fingerprint density at radius 3 is 2.52 bits per heavy atom. The molecule has 0 saturated carbocycles. The standard InChI is InChI=1S/C16H26N2O2S/c1-12(2)17-10-15-7-5-6-8-16(15)21(19,20)18-11-13(3)9-14(18)4/h5-8,12-14,17H,9-11H2,1-4H3. The van der Waals surface area contributed by atoms with E-state index in [1.807, 2.05) is 19.1 Å². The second-order valence-corrected chi connectivity index (χ2v) is 8.27. The summed E-state index contributed by atoms with van der Waals surface area (Å²) in [4.78, 5) is 0.444. The zero-order valence-corrected chi connectivity index (χ0v) is 14.2. The van der Waals surface area contributed by atoms with E-state index < -0.39 is 10.0 Å². The second kappa shape index (κ2) is 6.46. The first-order chi connectivity index (χ1) is 9.82. The third kappa shape index (κ3) is 3.65. The molecule has 1 heterocycles. The zero-order valence-electron chi connectivity index (χ0n) is 13.3. The third-order valence-corrected chi connectivity index (χ3v) is 6.07. The summed E-state index contributed by atoms with van der Waals surface area (Å²) >= 11 is 0. The van der Waals surface area contributed by atoms with Gasteiger partial charge in [0.2, 0.25) is 10.0 Å². The summed E-state index contributed by atoms with van der Waals surface area (Å²) < 4.78 is 27.6. The molecule has 1 aromatic rings. The Morgan fingerprint density at radius 2 is 1.95 bits per heavy atom. The molecule has 5 heteroatoms. The molecule has 0 aromatic heterocycles. The molecule has 1 N–H and O–H groups in total. The fourth-order valence-corrected chi connectivity index (χ4v) is 4.92. The maximum atomic E-state index is 13.0. The van der Waals surface area contributed by atoms with Gasteiger partial charge in [0.1, 0.15) is 0 Å². The average Bonchev–Trinajstić information content (AvgIpc) is 2.76. The van der Waals surface area contributed by atoms with E-state index in [0.717, 1.165) is 12.0 Å². The van der Waals surface area contributed by atoms with Crippen molar-refractivity contribution in [1.82, 2.24) is 9.62 Å². The molecule has 4 nitrogen and oxygen atoms in total. The minimum Gasteiger partial charge on any atom is -0.310 e. The van der Waals surface area contributed by atoms with Crippen LogP contribution in [0.15, 0.2) is 29.2 Å². The fourth-order valence-electron chi connectivity index (χ4n) is 2.94. The van der Waals surface area contributed by atoms with Crippen molar-refractivity contribution in [3.63, 3.8) is 0 Å². The molecule has 118 valence electrons. The fraction of sp³-hybridized carbons (Fsp3) is 0.625. The summed E-state index contributed by atoms with van der Waals surface area (Å²) in [5.74, 6) is 0.427. The topological polar surface area (TPSA) is 49.4 Å². The van der Waals surface area contributed by atoms with Gasteiger partial charge in [-0.3, -0.25) is 0 Å². The molecule has 0 bridgehead atoms. The molecule has 0 aliphatic carbocycles. The van der Waals surface area contributed by atoms with E-state index in [-0.39, 0.29) is 6.04 Å². The van der Waals surface area contributed by atoms with Gasteiger partial charge in [-0.25, -0.2) is 8.42 Å². The van der Waals surface area contributed by atoms with Crippen molar-refractivity contribution in [2.75, 3.05) is 6.54 Å². The monoisotopic (exact) mass is 310 g/mol. The van der Waals surface area contributed by atoms with Crippen molar-refractivity contribution >= 4 is 10.0 Å². The smallest absolute Gasteiger partial charge is 0.243 e. The van der Waals surface area contributed by atoms with Gasteiger partial charge in [-0.1, -0.05) is 39.0 Å². The number of sulfonamides is 1. The number of nitrogens with one attached hydrogen (secondary N) is 1. The minimum absolute atomic E-state index is 0.0797. The molecule has 0 amide bonds. The lowest BCUT2D eigenvalue weighted by molar-refractivity contribution is 0.404. The van der Waals surface area contributed by atoms with Crippen molar-refractivity contribution < 1.29 is 8.42 Å². The summed E-state index contributed by atoms with van der Waals surface area (Å²) in [7, 11) is -3.41. The van der Waals surface area contributed by atoms with E-state index in [1.54, 1.807) is 16.4 Å². The van der Waals surface area contributed by atoms with Gasteiger partial charge in [-0.05, 0) is 30.9 Å². The molecule has 21 heavy (non-hydrogen) atoms. The van der Waals surface area contributed by atoms with Crippen LogP contribution in [0, 0.1) is 5.92 Å². The van der Waals surface area contributed by atoms with Crippen LogP contribution in [0.3, 0.4) is 0 Å². The molecule has 2 unspecified atom stereocenters. The number of hydrogen-bond acceptors (Lipinski definition) is 3. The van der Waals surface area contributed by atoms with Crippen LogP contribution in [-0.4, -0.2) is 31.4 Å². The van der Waals surface area contributed by atoms with Crippen molar-refractivity contribution in [2.24, 2.45) is 5.92 Å². The molecule has 0 spiro atoms. The van der Waals surface area contributed by atoms with Gasteiger partial charge in [0.05, 0.1) is 4.90 Å². The lowest BCUT2D eigenvalue weighted by Gasteiger charge is -2.23. The molecular formula is C16H26N2O2S. The Morgan fingerprint density at radius 1 is 1.29 bits per heavy atom. The minimum atomic E-state index is -3.41. The Labute approximate surface area is 128 Å². The Hall–Kier alpha value is -0.910. The second-order valence-electron chi connectivity index (χ2n) is 6.41. The number of hydrogen-bond donors (Lipinski definition) is 1. The van der Waals surface area contributed by atoms with E-state index in [2.05, 4.69) is 26.1 Å². The lowest BCUT2D eigenvalue weighted by atomic mass is 10.1. The van der Waals surface area contributed by atoms with Crippen LogP contribution in [0.2, 0.25) is 0 Å². The van der Waals surface area contributed by atoms with Gasteiger partial charge in [0, 0.05) is 25.2 Å². The summed E-state index contributed by atoms with van der Waals surface area (Å²) in [6, 6.07) is 7.72. The Kier molecular flexibility index (Phi) is 5.07. The molecule has 2 atom stereocenters. The van der Waals surface area contributed by atoms with E-state index in [0.29, 0.717) is 29.9 Å². The first kappa shape index (κ1) is 16.5. The maximum Gasteiger partial charge on any atom is 0.243 e. The normalized spacial score (nSPS) is 23.9. The van der Waals surface area contributed by atoms with Gasteiger partial charge in [0.25, 0.3) is 0 Å². The predicted octanol–water partition coefficient (Wildman–Crippen LogP) is 2.60. The van der Waals surface area contributed by atoms with Crippen molar-refractivity contribution in [2.45, 2.75) is 57.6 Å². The highest BCUT2D eigenvalue weighted by Gasteiger charge is 2.36. The molecule has 1 aliphatic heterocycles. The van der Waals surface area contributed by atoms with Gasteiger partial charge < -0.3 is 5.32 Å². The van der Waals surface area contributed by atoms with Crippen LogP contribution in [0.4, 0.5) is 0 Å². The molecule has 1 fully saturated rings. The van der Waals surface area contributed by atoms with Gasteiger partial charge in [-0.15, -0.1) is 0 Å². The van der Waals surface area contributed by atoms with Crippen molar-refractivity contribution in [3.05, 3.63) is 29.8 Å². The summed E-state index contributed by atoms with van der Waals surface area (Å²) in [6.45, 7) is 9.41. The van der Waals surface area contributed by atoms with Crippen LogP contribution in [0.1, 0.15) is 39.7 Å². The van der Waals surface area contributed by atoms with Crippen molar-refractivity contribution in [3.8, 4) is 0 Å². The van der Waals surface area contributed by atoms with E-state index in [1.165, 1.54) is 0 Å². The zero-order chi connectivity index (χ0) is 15.6. The maximum absolute atomic E-state index is 13.0. The van der Waals surface area contributed by atoms with Crippen molar-refractivity contribution in [1.29, 1.82) is 0 Å². The highest BCUT2D eigenvalue weighted by atomic mass is 32.2. The quantitative estimate of drug-likeness (QED) is 0.909. The molecule has 2 rings (SSSR count). The predicted molar refractivity (Wildman–Crippen MR) is 85.6 cm³/mol. The van der Waals surface area contributed by atoms with Gasteiger partial charge in [0.15, 0.2) is 0 Å². The van der Waals surface area contributed by atoms with Gasteiger partial charge in [-0.2, -0.15) is 4.31 Å². The van der Waals surface area contributed by atoms with Crippen LogP contribution in [0.5, 0.6) is 0 Å². The van der Waals surface area contributed by atoms with E-state index >= 15 is 0 Å². The first-order valence-electron chi connectivity index (χ1n) is 7.65. The van der Waals surface area contributed by atoms with Gasteiger partial charge >= 0.3 is 0 Å². The summed E-state index contributed by atoms with van der Waals surface area (Å²) in [6.07, 6.45) is 0.936. The summed E-state index contributed by atoms with van der Waals surface area (Å²) in [5, 5.41) is 3.30. The highest BCUT2D eigenvalue weighted by Crippen LogP contribution is 2.30. The SMILES string of the molecule is CC1CC(C)N(S(=O)(=O)c2ccccc2CNC(C)C)C1. The molecular weight excluding hydrogens is 284 g/mol. The highest BCUT2D eigenvalue weighted by molar-refractivity contribution is 7.89. The first-order valence-corrected chi connectivity index (χ1v) is 9.09. The molecule has 1 saturated heterocycles. The molecule has 1 aliphatic rings. The van der Waals surface area contributed by atoms with Crippen LogP contribution < -0.4 is 5.32 Å².